The first-order valence-electron chi connectivity index (χ1n) is 7.00. The van der Waals surface area contributed by atoms with Crippen molar-refractivity contribution in [1.29, 1.82) is 0 Å². The highest BCUT2D eigenvalue weighted by Crippen LogP contribution is 2.14. The van der Waals surface area contributed by atoms with Crippen LogP contribution < -0.4 is 15.8 Å². The second kappa shape index (κ2) is 7.40. The molecule has 5 nitrogen and oxygen atoms in total. The van der Waals surface area contributed by atoms with Gasteiger partial charge in [-0.2, -0.15) is 0 Å². The Bertz CT molecular complexity index is 732. The average Bonchev–Trinajstić information content (AvgIpc) is 2.53. The van der Waals surface area contributed by atoms with Crippen molar-refractivity contribution in [3.05, 3.63) is 65.0 Å². The number of amides is 2. The van der Waals surface area contributed by atoms with Crippen molar-refractivity contribution < 1.29 is 18.7 Å². The minimum absolute atomic E-state index is 0.204. The number of primary amides is 1. The van der Waals surface area contributed by atoms with Gasteiger partial charge in [-0.25, -0.2) is 4.39 Å². The van der Waals surface area contributed by atoms with E-state index in [-0.39, 0.29) is 24.9 Å². The lowest BCUT2D eigenvalue weighted by Crippen LogP contribution is -2.23. The number of carbonyl (C=O) groups is 2. The molecule has 0 radical (unpaired) electrons. The molecule has 2 rings (SSSR count). The van der Waals surface area contributed by atoms with Crippen molar-refractivity contribution in [2.45, 2.75) is 13.5 Å². The van der Waals surface area contributed by atoms with Gasteiger partial charge in [0.2, 0.25) is 0 Å². The van der Waals surface area contributed by atoms with Gasteiger partial charge in [0.1, 0.15) is 11.6 Å². The van der Waals surface area contributed by atoms with Crippen LogP contribution in [0, 0.1) is 12.7 Å². The SMILES string of the molecule is Cc1cc(C(=O)NCc2cccc(OCC(N)=O)c2)ccc1F. The van der Waals surface area contributed by atoms with Crippen LogP contribution in [0.15, 0.2) is 42.5 Å². The largest absolute Gasteiger partial charge is 0.484 e. The van der Waals surface area contributed by atoms with Crippen LogP contribution in [0.1, 0.15) is 21.5 Å². The first-order chi connectivity index (χ1) is 11.0. The van der Waals surface area contributed by atoms with E-state index in [2.05, 4.69) is 5.32 Å². The Labute approximate surface area is 133 Å². The molecule has 0 aliphatic rings. The molecule has 23 heavy (non-hydrogen) atoms. The van der Waals surface area contributed by atoms with Crippen molar-refractivity contribution in [2.24, 2.45) is 5.73 Å². The first kappa shape index (κ1) is 16.5. The minimum Gasteiger partial charge on any atom is -0.484 e. The fraction of sp³-hybridized carbons (Fsp3) is 0.176. The normalized spacial score (nSPS) is 10.2. The number of nitrogens with two attached hydrogens (primary N) is 1. The Morgan fingerprint density at radius 2 is 2.00 bits per heavy atom. The van der Waals surface area contributed by atoms with E-state index in [1.807, 2.05) is 6.07 Å². The summed E-state index contributed by atoms with van der Waals surface area (Å²) < 4.78 is 18.4. The summed E-state index contributed by atoms with van der Waals surface area (Å²) in [7, 11) is 0. The van der Waals surface area contributed by atoms with E-state index >= 15 is 0 Å². The van der Waals surface area contributed by atoms with E-state index < -0.39 is 5.91 Å². The molecular weight excluding hydrogens is 299 g/mol. The second-order valence-electron chi connectivity index (χ2n) is 5.05. The van der Waals surface area contributed by atoms with Gasteiger partial charge in [-0.3, -0.25) is 9.59 Å². The van der Waals surface area contributed by atoms with E-state index in [0.717, 1.165) is 5.56 Å². The van der Waals surface area contributed by atoms with Gasteiger partial charge in [-0.05, 0) is 48.4 Å². The summed E-state index contributed by atoms with van der Waals surface area (Å²) in [5, 5.41) is 2.75. The van der Waals surface area contributed by atoms with Crippen LogP contribution in [0.5, 0.6) is 5.75 Å². The summed E-state index contributed by atoms with van der Waals surface area (Å²) >= 11 is 0. The maximum Gasteiger partial charge on any atom is 0.255 e. The predicted octanol–water partition coefficient (Wildman–Crippen LogP) is 1.93. The molecule has 0 aliphatic carbocycles. The minimum atomic E-state index is -0.560. The highest BCUT2D eigenvalue weighted by Gasteiger charge is 2.08. The van der Waals surface area contributed by atoms with Gasteiger partial charge in [-0.15, -0.1) is 0 Å². The highest BCUT2D eigenvalue weighted by atomic mass is 19.1. The zero-order chi connectivity index (χ0) is 16.8. The number of hydrogen-bond acceptors (Lipinski definition) is 3. The summed E-state index contributed by atoms with van der Waals surface area (Å²) in [6.45, 7) is 1.68. The molecule has 0 saturated heterocycles. The Kier molecular flexibility index (Phi) is 5.30. The number of carbonyl (C=O) groups excluding carboxylic acids is 2. The topological polar surface area (TPSA) is 81.4 Å². The first-order valence-corrected chi connectivity index (χ1v) is 7.00. The monoisotopic (exact) mass is 316 g/mol. The maximum absolute atomic E-state index is 13.2. The van der Waals surface area contributed by atoms with Gasteiger partial charge in [0.05, 0.1) is 0 Å². The van der Waals surface area contributed by atoms with Crippen molar-refractivity contribution >= 4 is 11.8 Å². The summed E-state index contributed by atoms with van der Waals surface area (Å²) in [6, 6.07) is 11.2. The molecule has 0 fully saturated rings. The number of benzene rings is 2. The average molecular weight is 316 g/mol. The van der Waals surface area contributed by atoms with E-state index in [0.29, 0.717) is 16.9 Å². The zero-order valence-electron chi connectivity index (χ0n) is 12.6. The molecule has 3 N–H and O–H groups in total. The Morgan fingerprint density at radius 1 is 1.22 bits per heavy atom. The molecule has 0 atom stereocenters. The molecule has 2 aromatic rings. The van der Waals surface area contributed by atoms with Crippen molar-refractivity contribution in [2.75, 3.05) is 6.61 Å². The lowest BCUT2D eigenvalue weighted by Gasteiger charge is -2.08. The Hall–Kier alpha value is -2.89. The van der Waals surface area contributed by atoms with Gasteiger partial charge < -0.3 is 15.8 Å². The van der Waals surface area contributed by atoms with Gasteiger partial charge >= 0.3 is 0 Å². The fourth-order valence-corrected chi connectivity index (χ4v) is 1.97. The molecule has 6 heteroatoms. The molecule has 0 aliphatic heterocycles. The van der Waals surface area contributed by atoms with Crippen molar-refractivity contribution in [1.82, 2.24) is 5.32 Å². The molecule has 0 spiro atoms. The Balaban J connectivity index is 1.97. The standard InChI is InChI=1S/C17H17FN2O3/c1-11-7-13(5-6-15(11)18)17(22)20-9-12-3-2-4-14(8-12)23-10-16(19)21/h2-8H,9-10H2,1H3,(H2,19,21)(H,20,22). The van der Waals surface area contributed by atoms with Crippen LogP contribution in [0.25, 0.3) is 0 Å². The quantitative estimate of drug-likeness (QED) is 0.854. The smallest absolute Gasteiger partial charge is 0.255 e. The zero-order valence-corrected chi connectivity index (χ0v) is 12.6. The second-order valence-corrected chi connectivity index (χ2v) is 5.05. The van der Waals surface area contributed by atoms with Crippen LogP contribution in [0.3, 0.4) is 0 Å². The molecule has 120 valence electrons. The van der Waals surface area contributed by atoms with Crippen LogP contribution in [0.2, 0.25) is 0 Å². The molecule has 0 bridgehead atoms. The molecule has 0 unspecified atom stereocenters. The van der Waals surface area contributed by atoms with Gasteiger partial charge in [0.15, 0.2) is 6.61 Å². The highest BCUT2D eigenvalue weighted by molar-refractivity contribution is 5.94. The molecular formula is C17H17FN2O3. The molecule has 0 heterocycles. The van der Waals surface area contributed by atoms with Gasteiger partial charge in [0, 0.05) is 12.1 Å². The predicted molar refractivity (Wildman–Crippen MR) is 83.4 cm³/mol. The third kappa shape index (κ3) is 4.81. The molecule has 0 aromatic heterocycles. The third-order valence-electron chi connectivity index (χ3n) is 3.15. The van der Waals surface area contributed by atoms with E-state index in [1.165, 1.54) is 18.2 Å². The van der Waals surface area contributed by atoms with E-state index in [1.54, 1.807) is 25.1 Å². The number of nitrogens with one attached hydrogen (secondary N) is 1. The van der Waals surface area contributed by atoms with Crippen LogP contribution in [0.4, 0.5) is 4.39 Å². The van der Waals surface area contributed by atoms with Crippen LogP contribution >= 0.6 is 0 Å². The van der Waals surface area contributed by atoms with Crippen molar-refractivity contribution in [3.63, 3.8) is 0 Å². The van der Waals surface area contributed by atoms with E-state index in [4.69, 9.17) is 10.5 Å². The fourth-order valence-electron chi connectivity index (χ4n) is 1.97. The van der Waals surface area contributed by atoms with E-state index in [9.17, 15) is 14.0 Å². The lowest BCUT2D eigenvalue weighted by atomic mass is 10.1. The number of hydrogen-bond donors (Lipinski definition) is 2. The molecule has 0 saturated carbocycles. The summed E-state index contributed by atoms with van der Waals surface area (Å²) in [4.78, 5) is 22.7. The Morgan fingerprint density at radius 3 is 2.70 bits per heavy atom. The van der Waals surface area contributed by atoms with Crippen LogP contribution in [-0.4, -0.2) is 18.4 Å². The van der Waals surface area contributed by atoms with Gasteiger partial charge in [0.25, 0.3) is 11.8 Å². The van der Waals surface area contributed by atoms with Gasteiger partial charge in [-0.1, -0.05) is 12.1 Å². The number of ether oxygens (including phenoxy) is 1. The number of rotatable bonds is 6. The maximum atomic E-state index is 13.2. The third-order valence-corrected chi connectivity index (χ3v) is 3.15. The lowest BCUT2D eigenvalue weighted by molar-refractivity contribution is -0.119. The number of aryl methyl sites for hydroxylation is 1. The molecule has 2 amide bonds. The molecule has 2 aromatic carbocycles. The van der Waals surface area contributed by atoms with Crippen molar-refractivity contribution in [3.8, 4) is 5.75 Å². The summed E-state index contributed by atoms with van der Waals surface area (Å²) in [6.07, 6.45) is 0. The number of halogens is 1. The van der Waals surface area contributed by atoms with Crippen LogP contribution in [-0.2, 0) is 11.3 Å². The summed E-state index contributed by atoms with van der Waals surface area (Å²) in [5.74, 6) is -0.707. The summed E-state index contributed by atoms with van der Waals surface area (Å²) in [5.41, 5.74) is 6.63.